The molecule has 1 radical (unpaired) electrons. The Morgan fingerprint density at radius 3 is 1.97 bits per heavy atom. The molecule has 4 N–H and O–H groups in total. The van der Waals surface area contributed by atoms with Gasteiger partial charge in [0.1, 0.15) is 31.8 Å². The smallest absolute Gasteiger partial charge is 0.296 e. The molecular weight excluding hydrogens is 504 g/mol. The van der Waals surface area contributed by atoms with Crippen LogP contribution in [0.5, 0.6) is 11.5 Å². The van der Waals surface area contributed by atoms with E-state index in [2.05, 4.69) is 16.3 Å². The van der Waals surface area contributed by atoms with Crippen molar-refractivity contribution < 1.29 is 48.8 Å². The molecular formula is C17H13N2O11S3. The predicted octanol–water partition coefficient (Wildman–Crippen LogP) is 2.51. The summed E-state index contributed by atoms with van der Waals surface area (Å²) >= 11 is 0. The largest absolute Gasteiger partial charge is 0.505 e. The lowest BCUT2D eigenvalue weighted by molar-refractivity contribution is 0.412. The van der Waals surface area contributed by atoms with Crippen molar-refractivity contribution in [2.24, 2.45) is 10.2 Å². The normalized spacial score (nSPS) is 13.0. The van der Waals surface area contributed by atoms with Gasteiger partial charge in [-0.25, -0.2) is 0 Å². The van der Waals surface area contributed by atoms with Gasteiger partial charge in [-0.05, 0) is 30.3 Å². The number of nitrogens with zero attached hydrogens (tertiary/aromatic N) is 2. The standard InChI is InChI=1S/C17H13N2O11S3/c1-30-9-5-6-12(14(7-9)32(24,25)26)18-19-16-15(33(27,28)29)8-11-10(17(16)20)3-2-4-13(11)31(21,22)23/h2,4-8,20H,1H3,(H,21,22,23)(H,24,25,26)(H,27,28,29). The van der Waals surface area contributed by atoms with Gasteiger partial charge >= 0.3 is 0 Å². The first-order valence-electron chi connectivity index (χ1n) is 8.37. The molecule has 3 rings (SSSR count). The number of phenolic OH excluding ortho intramolecular Hbond substituents is 1. The van der Waals surface area contributed by atoms with Gasteiger partial charge in [0.25, 0.3) is 30.4 Å². The Balaban J connectivity index is 2.35. The molecule has 16 heteroatoms. The second-order valence-corrected chi connectivity index (χ2v) is 10.5. The van der Waals surface area contributed by atoms with Crippen LogP contribution in [-0.4, -0.2) is 51.1 Å². The van der Waals surface area contributed by atoms with E-state index < -0.39 is 72.9 Å². The highest BCUT2D eigenvalue weighted by molar-refractivity contribution is 7.86. The van der Waals surface area contributed by atoms with Crippen LogP contribution in [0.15, 0.2) is 61.3 Å². The Labute approximate surface area is 187 Å². The van der Waals surface area contributed by atoms with Gasteiger partial charge in [0.15, 0.2) is 5.75 Å². The number of ether oxygens (including phenoxy) is 1. The molecule has 0 atom stereocenters. The Kier molecular flexibility index (Phi) is 6.18. The van der Waals surface area contributed by atoms with Crippen molar-refractivity contribution in [1.29, 1.82) is 0 Å². The van der Waals surface area contributed by atoms with Gasteiger partial charge < -0.3 is 9.84 Å². The highest BCUT2D eigenvalue weighted by Gasteiger charge is 2.26. The summed E-state index contributed by atoms with van der Waals surface area (Å²) in [6, 6.07) is 8.15. The van der Waals surface area contributed by atoms with Crippen molar-refractivity contribution in [3.05, 3.63) is 42.5 Å². The van der Waals surface area contributed by atoms with E-state index in [9.17, 15) is 44.0 Å². The second-order valence-electron chi connectivity index (χ2n) is 6.30. The Hall–Kier alpha value is -3.15. The van der Waals surface area contributed by atoms with Crippen LogP contribution < -0.4 is 4.74 Å². The van der Waals surface area contributed by atoms with E-state index in [1.807, 2.05) is 0 Å². The maximum atomic E-state index is 11.9. The molecule has 0 aromatic heterocycles. The Morgan fingerprint density at radius 2 is 1.42 bits per heavy atom. The van der Waals surface area contributed by atoms with Crippen LogP contribution in [0.25, 0.3) is 10.8 Å². The predicted molar refractivity (Wildman–Crippen MR) is 111 cm³/mol. The molecule has 3 aromatic rings. The molecule has 175 valence electrons. The van der Waals surface area contributed by atoms with Crippen LogP contribution in [-0.2, 0) is 30.4 Å². The summed E-state index contributed by atoms with van der Waals surface area (Å²) < 4.78 is 104. The highest BCUT2D eigenvalue weighted by atomic mass is 32.2. The van der Waals surface area contributed by atoms with Crippen molar-refractivity contribution in [2.75, 3.05) is 7.11 Å². The summed E-state index contributed by atoms with van der Waals surface area (Å²) in [5, 5.41) is 16.7. The third-order valence-electron chi connectivity index (χ3n) is 4.23. The summed E-state index contributed by atoms with van der Waals surface area (Å²) in [6.07, 6.45) is 0. The van der Waals surface area contributed by atoms with Gasteiger partial charge in [0.2, 0.25) is 0 Å². The maximum Gasteiger partial charge on any atom is 0.296 e. The van der Waals surface area contributed by atoms with Crippen molar-refractivity contribution >= 4 is 52.5 Å². The maximum absolute atomic E-state index is 11.9. The summed E-state index contributed by atoms with van der Waals surface area (Å²) in [7, 11) is -13.6. The number of rotatable bonds is 6. The molecule has 0 fully saturated rings. The zero-order valence-corrected chi connectivity index (χ0v) is 18.7. The molecule has 0 spiro atoms. The zero-order chi connectivity index (χ0) is 24.8. The van der Waals surface area contributed by atoms with Crippen LogP contribution >= 0.6 is 0 Å². The van der Waals surface area contributed by atoms with Crippen molar-refractivity contribution in [3.8, 4) is 11.5 Å². The topological polar surface area (TPSA) is 217 Å². The molecule has 0 unspecified atom stereocenters. The van der Waals surface area contributed by atoms with Crippen LogP contribution in [0.2, 0.25) is 0 Å². The van der Waals surface area contributed by atoms with Crippen LogP contribution in [0.1, 0.15) is 0 Å². The van der Waals surface area contributed by atoms with Crippen molar-refractivity contribution in [1.82, 2.24) is 0 Å². The summed E-state index contributed by atoms with van der Waals surface area (Å²) in [4.78, 5) is -2.66. The van der Waals surface area contributed by atoms with Crippen LogP contribution in [0.4, 0.5) is 11.4 Å². The van der Waals surface area contributed by atoms with E-state index in [1.54, 1.807) is 0 Å². The van der Waals surface area contributed by atoms with Gasteiger partial charge in [0, 0.05) is 16.8 Å². The number of fused-ring (bicyclic) bond motifs is 1. The van der Waals surface area contributed by atoms with Crippen molar-refractivity contribution in [2.45, 2.75) is 14.7 Å². The number of azo groups is 1. The molecule has 0 saturated heterocycles. The quantitative estimate of drug-likeness (QED) is 0.275. The molecule has 0 amide bonds. The molecule has 0 aliphatic heterocycles. The second kappa shape index (κ2) is 8.32. The fourth-order valence-electron chi connectivity index (χ4n) is 2.80. The molecule has 0 aliphatic carbocycles. The van der Waals surface area contributed by atoms with E-state index in [0.29, 0.717) is 6.07 Å². The van der Waals surface area contributed by atoms with E-state index in [1.165, 1.54) is 13.2 Å². The number of phenols is 1. The van der Waals surface area contributed by atoms with Gasteiger partial charge in [-0.15, -0.1) is 10.2 Å². The Bertz CT molecular complexity index is 1630. The highest BCUT2D eigenvalue weighted by Crippen LogP contribution is 2.43. The first-order valence-corrected chi connectivity index (χ1v) is 12.7. The van der Waals surface area contributed by atoms with Gasteiger partial charge in [-0.3, -0.25) is 13.7 Å². The van der Waals surface area contributed by atoms with E-state index in [0.717, 1.165) is 24.3 Å². The average molecular weight is 517 g/mol. The minimum Gasteiger partial charge on any atom is -0.505 e. The lowest BCUT2D eigenvalue weighted by Gasteiger charge is -2.11. The van der Waals surface area contributed by atoms with Crippen LogP contribution in [0, 0.1) is 6.07 Å². The Morgan fingerprint density at radius 1 is 0.818 bits per heavy atom. The third-order valence-corrected chi connectivity index (χ3v) is 6.89. The fraction of sp³-hybridized carbons (Fsp3) is 0.0588. The molecule has 0 heterocycles. The lowest BCUT2D eigenvalue weighted by atomic mass is 10.1. The van der Waals surface area contributed by atoms with E-state index >= 15 is 0 Å². The van der Waals surface area contributed by atoms with Gasteiger partial charge in [0.05, 0.1) is 7.11 Å². The van der Waals surface area contributed by atoms with Crippen LogP contribution in [0.3, 0.4) is 0 Å². The van der Waals surface area contributed by atoms with Gasteiger partial charge in [-0.2, -0.15) is 25.3 Å². The monoisotopic (exact) mass is 517 g/mol. The number of hydrogen-bond donors (Lipinski definition) is 4. The molecule has 13 nitrogen and oxygen atoms in total. The first kappa shape index (κ1) is 24.5. The number of benzene rings is 3. The van der Waals surface area contributed by atoms with E-state index in [4.69, 9.17) is 4.74 Å². The molecule has 0 bridgehead atoms. The SMILES string of the molecule is COc1ccc(N=Nc2c(S(=O)(=O)O)cc3c(S(=O)(=O)O)cc[c]c3c2O)c(S(=O)(=O)O)c1. The summed E-state index contributed by atoms with van der Waals surface area (Å²) in [6.45, 7) is 0. The first-order chi connectivity index (χ1) is 15.1. The lowest BCUT2D eigenvalue weighted by Crippen LogP contribution is -2.03. The molecule has 33 heavy (non-hydrogen) atoms. The van der Waals surface area contributed by atoms with E-state index in [-0.39, 0.29) is 5.75 Å². The number of methoxy groups -OCH3 is 1. The molecule has 0 aliphatic rings. The van der Waals surface area contributed by atoms with Crippen molar-refractivity contribution in [3.63, 3.8) is 0 Å². The summed E-state index contributed by atoms with van der Waals surface area (Å²) in [5.74, 6) is -0.975. The number of aromatic hydroxyl groups is 1. The minimum absolute atomic E-state index is 0.0288. The minimum atomic E-state index is -5.15. The fourth-order valence-corrected chi connectivity index (χ4v) is 4.76. The third kappa shape index (κ3) is 4.95. The zero-order valence-electron chi connectivity index (χ0n) is 16.2. The molecule has 3 aromatic carbocycles. The van der Waals surface area contributed by atoms with Gasteiger partial charge in [-0.1, -0.05) is 6.07 Å². The molecule has 0 saturated carbocycles. The average Bonchev–Trinajstić information content (AvgIpc) is 2.70. The number of hydrogen-bond acceptors (Lipinski definition) is 10. The summed E-state index contributed by atoms with van der Waals surface area (Å²) in [5.41, 5.74) is -1.39.